The molecule has 1 unspecified atom stereocenters. The van der Waals surface area contributed by atoms with Crippen molar-refractivity contribution in [2.24, 2.45) is 0 Å². The van der Waals surface area contributed by atoms with Gasteiger partial charge in [0.05, 0.1) is 13.2 Å². The van der Waals surface area contributed by atoms with Gasteiger partial charge in [-0.1, -0.05) is 19.9 Å². The molecule has 1 N–H and O–H groups in total. The molecule has 6 heteroatoms. The molecule has 0 amide bonds. The zero-order valence-electron chi connectivity index (χ0n) is 11.5. The van der Waals surface area contributed by atoms with Crippen LogP contribution in [0, 0.1) is 0 Å². The average Bonchev–Trinajstić information content (AvgIpc) is 2.41. The molecule has 0 saturated carbocycles. The van der Waals surface area contributed by atoms with Crippen molar-refractivity contribution in [3.63, 3.8) is 0 Å². The molecule has 0 aliphatic carbocycles. The minimum absolute atomic E-state index is 0.223. The fourth-order valence-corrected chi connectivity index (χ4v) is 1.54. The van der Waals surface area contributed by atoms with Crippen LogP contribution in [0.2, 0.25) is 0 Å². The fourth-order valence-electron chi connectivity index (χ4n) is 1.54. The predicted octanol–water partition coefficient (Wildman–Crippen LogP) is 3.86. The molecule has 0 aromatic heterocycles. The molecule has 0 heterocycles. The summed E-state index contributed by atoms with van der Waals surface area (Å²) in [5, 5.41) is 9.25. The third kappa shape index (κ3) is 4.59. The number of hydrogen-bond donors (Lipinski definition) is 1. The van der Waals surface area contributed by atoms with E-state index in [1.807, 2.05) is 13.8 Å². The molecule has 0 saturated heterocycles. The van der Waals surface area contributed by atoms with Crippen LogP contribution in [0.1, 0.15) is 38.4 Å². The Morgan fingerprint density at radius 1 is 1.05 bits per heavy atom. The summed E-state index contributed by atoms with van der Waals surface area (Å²) >= 11 is 0. The van der Waals surface area contributed by atoms with E-state index in [0.29, 0.717) is 19.0 Å². The van der Waals surface area contributed by atoms with E-state index in [1.54, 1.807) is 0 Å². The highest BCUT2D eigenvalue weighted by atomic mass is 19.4. The highest BCUT2D eigenvalue weighted by Crippen LogP contribution is 2.37. The van der Waals surface area contributed by atoms with Crippen LogP contribution in [-0.2, 0) is 0 Å². The lowest BCUT2D eigenvalue weighted by Gasteiger charge is -2.18. The van der Waals surface area contributed by atoms with Gasteiger partial charge in [0, 0.05) is 0 Å². The van der Waals surface area contributed by atoms with Crippen LogP contribution in [-0.4, -0.2) is 24.5 Å². The predicted molar refractivity (Wildman–Crippen MR) is 69.0 cm³/mol. The number of rotatable bonds is 7. The monoisotopic (exact) mass is 292 g/mol. The van der Waals surface area contributed by atoms with E-state index in [2.05, 4.69) is 0 Å². The Bertz CT molecular complexity index is 419. The van der Waals surface area contributed by atoms with Crippen LogP contribution in [0.4, 0.5) is 13.2 Å². The van der Waals surface area contributed by atoms with Crippen molar-refractivity contribution in [1.82, 2.24) is 0 Å². The van der Waals surface area contributed by atoms with Crippen molar-refractivity contribution in [2.45, 2.75) is 39.0 Å². The maximum atomic E-state index is 12.5. The van der Waals surface area contributed by atoms with Crippen LogP contribution in [0.15, 0.2) is 18.2 Å². The third-order valence-corrected chi connectivity index (χ3v) is 2.52. The van der Waals surface area contributed by atoms with Gasteiger partial charge in [-0.3, -0.25) is 0 Å². The van der Waals surface area contributed by atoms with E-state index in [-0.39, 0.29) is 11.3 Å². The zero-order chi connectivity index (χ0) is 15.2. The molecule has 0 fully saturated rings. The topological polar surface area (TPSA) is 38.7 Å². The van der Waals surface area contributed by atoms with Gasteiger partial charge >= 0.3 is 6.18 Å². The number of ether oxygens (including phenoxy) is 2. The number of alkyl halides is 3. The number of aliphatic hydroxyl groups is 1. The number of halogens is 3. The Balaban J connectivity index is 3.00. The SMILES string of the molecule is CCCOc1ccc(C(O)C(F)(F)F)cc1OCCC. The molecule has 114 valence electrons. The van der Waals surface area contributed by atoms with E-state index >= 15 is 0 Å². The van der Waals surface area contributed by atoms with Crippen molar-refractivity contribution < 1.29 is 27.8 Å². The molecular formula is C14H19F3O3. The van der Waals surface area contributed by atoms with Crippen molar-refractivity contribution in [1.29, 1.82) is 0 Å². The van der Waals surface area contributed by atoms with Crippen molar-refractivity contribution >= 4 is 0 Å². The summed E-state index contributed by atoms with van der Waals surface area (Å²) < 4.78 is 48.3. The van der Waals surface area contributed by atoms with Crippen LogP contribution in [0.5, 0.6) is 11.5 Å². The lowest BCUT2D eigenvalue weighted by atomic mass is 10.1. The quantitative estimate of drug-likeness (QED) is 0.829. The summed E-state index contributed by atoms with van der Waals surface area (Å²) in [5.74, 6) is 0.611. The normalized spacial score (nSPS) is 13.1. The van der Waals surface area contributed by atoms with E-state index in [4.69, 9.17) is 9.47 Å². The second kappa shape index (κ2) is 7.38. The Morgan fingerprint density at radius 3 is 2.10 bits per heavy atom. The van der Waals surface area contributed by atoms with Gasteiger partial charge < -0.3 is 14.6 Å². The first-order valence-corrected chi connectivity index (χ1v) is 6.54. The molecule has 1 aromatic rings. The Morgan fingerprint density at radius 2 is 1.60 bits per heavy atom. The highest BCUT2D eigenvalue weighted by Gasteiger charge is 2.39. The summed E-state index contributed by atoms with van der Waals surface area (Å²) in [6, 6.07) is 3.77. The first-order chi connectivity index (χ1) is 9.40. The molecule has 3 nitrogen and oxygen atoms in total. The standard InChI is InChI=1S/C14H19F3O3/c1-3-7-19-11-6-5-10(13(18)14(15,16)17)9-12(11)20-8-4-2/h5-6,9,13,18H,3-4,7-8H2,1-2H3. The second-order valence-corrected chi connectivity index (χ2v) is 4.35. The van der Waals surface area contributed by atoms with Gasteiger partial charge in [-0.25, -0.2) is 0 Å². The molecule has 1 atom stereocenters. The van der Waals surface area contributed by atoms with Crippen LogP contribution in [0.3, 0.4) is 0 Å². The van der Waals surface area contributed by atoms with Gasteiger partial charge in [0.15, 0.2) is 17.6 Å². The Hall–Kier alpha value is -1.43. The molecule has 0 spiro atoms. The molecule has 0 bridgehead atoms. The molecule has 0 radical (unpaired) electrons. The molecular weight excluding hydrogens is 273 g/mol. The summed E-state index contributed by atoms with van der Waals surface area (Å²) in [4.78, 5) is 0. The minimum Gasteiger partial charge on any atom is -0.490 e. The maximum absolute atomic E-state index is 12.5. The average molecular weight is 292 g/mol. The van der Waals surface area contributed by atoms with Gasteiger partial charge in [-0.15, -0.1) is 0 Å². The molecule has 1 rings (SSSR count). The van der Waals surface area contributed by atoms with Gasteiger partial charge in [-0.05, 0) is 30.5 Å². The minimum atomic E-state index is -4.70. The van der Waals surface area contributed by atoms with Gasteiger partial charge in [0.25, 0.3) is 0 Å². The van der Waals surface area contributed by atoms with Crippen LogP contribution >= 0.6 is 0 Å². The summed E-state index contributed by atoms with van der Waals surface area (Å²) in [6.45, 7) is 4.63. The van der Waals surface area contributed by atoms with Crippen LogP contribution < -0.4 is 9.47 Å². The first-order valence-electron chi connectivity index (χ1n) is 6.54. The largest absolute Gasteiger partial charge is 0.490 e. The van der Waals surface area contributed by atoms with E-state index in [9.17, 15) is 18.3 Å². The Labute approximate surface area is 116 Å². The van der Waals surface area contributed by atoms with E-state index < -0.39 is 12.3 Å². The van der Waals surface area contributed by atoms with E-state index in [0.717, 1.165) is 12.8 Å². The number of aliphatic hydroxyl groups excluding tert-OH is 1. The molecule has 20 heavy (non-hydrogen) atoms. The van der Waals surface area contributed by atoms with Gasteiger partial charge in [0.1, 0.15) is 0 Å². The summed E-state index contributed by atoms with van der Waals surface area (Å²) in [6.07, 6.45) is -5.72. The number of benzene rings is 1. The highest BCUT2D eigenvalue weighted by molar-refractivity contribution is 5.44. The van der Waals surface area contributed by atoms with Gasteiger partial charge in [-0.2, -0.15) is 13.2 Å². The molecule has 1 aromatic carbocycles. The maximum Gasteiger partial charge on any atom is 0.418 e. The Kier molecular flexibility index (Phi) is 6.13. The first kappa shape index (κ1) is 16.6. The van der Waals surface area contributed by atoms with Gasteiger partial charge in [0.2, 0.25) is 0 Å². The van der Waals surface area contributed by atoms with Crippen molar-refractivity contribution in [3.8, 4) is 11.5 Å². The van der Waals surface area contributed by atoms with Crippen LogP contribution in [0.25, 0.3) is 0 Å². The van der Waals surface area contributed by atoms with E-state index in [1.165, 1.54) is 18.2 Å². The lowest BCUT2D eigenvalue weighted by Crippen LogP contribution is -2.20. The summed E-state index contributed by atoms with van der Waals surface area (Å²) in [7, 11) is 0. The molecule has 0 aliphatic rings. The van der Waals surface area contributed by atoms with Crippen molar-refractivity contribution in [2.75, 3.05) is 13.2 Å². The number of hydrogen-bond acceptors (Lipinski definition) is 3. The second-order valence-electron chi connectivity index (χ2n) is 4.35. The fraction of sp³-hybridized carbons (Fsp3) is 0.571. The summed E-state index contributed by atoms with van der Waals surface area (Å²) in [5.41, 5.74) is -0.257. The lowest BCUT2D eigenvalue weighted by molar-refractivity contribution is -0.206. The zero-order valence-corrected chi connectivity index (χ0v) is 11.5. The van der Waals surface area contributed by atoms with Crippen molar-refractivity contribution in [3.05, 3.63) is 23.8 Å². The molecule has 0 aliphatic heterocycles. The third-order valence-electron chi connectivity index (χ3n) is 2.52. The smallest absolute Gasteiger partial charge is 0.418 e.